The molecule has 0 amide bonds. The molecule has 0 saturated carbocycles. The third kappa shape index (κ3) is 3.93. The Morgan fingerprint density at radius 3 is 3.00 bits per heavy atom. The number of hydrogen-bond donors (Lipinski definition) is 1. The molecule has 0 radical (unpaired) electrons. The van der Waals surface area contributed by atoms with Gasteiger partial charge >= 0.3 is 0 Å². The first kappa shape index (κ1) is 12.2. The molecule has 3 nitrogen and oxygen atoms in total. The summed E-state index contributed by atoms with van der Waals surface area (Å²) >= 11 is 0. The topological polar surface area (TPSA) is 30.5 Å². The molecule has 0 unspecified atom stereocenters. The molecule has 1 fully saturated rings. The number of benzene rings is 1. The molecule has 0 spiro atoms. The Morgan fingerprint density at radius 2 is 2.24 bits per heavy atom. The summed E-state index contributed by atoms with van der Waals surface area (Å²) in [5, 5.41) is 3.43. The van der Waals surface area contributed by atoms with Crippen LogP contribution in [0.15, 0.2) is 24.3 Å². The molecule has 2 rings (SSSR count). The van der Waals surface area contributed by atoms with Crippen LogP contribution in [0.2, 0.25) is 0 Å². The van der Waals surface area contributed by atoms with E-state index in [4.69, 9.17) is 9.47 Å². The maximum atomic E-state index is 5.74. The van der Waals surface area contributed by atoms with Crippen LogP contribution in [0.1, 0.15) is 19.3 Å². The summed E-state index contributed by atoms with van der Waals surface area (Å²) in [5.41, 5.74) is 0. The van der Waals surface area contributed by atoms with Crippen LogP contribution in [0.4, 0.5) is 0 Å². The van der Waals surface area contributed by atoms with Crippen molar-refractivity contribution in [2.45, 2.75) is 19.3 Å². The normalized spacial score (nSPS) is 19.9. The Hall–Kier alpha value is -1.22. The molecule has 1 N–H and O–H groups in total. The monoisotopic (exact) mass is 235 g/mol. The Balaban J connectivity index is 1.73. The molecule has 1 atom stereocenters. The van der Waals surface area contributed by atoms with Crippen molar-refractivity contribution in [3.63, 3.8) is 0 Å². The standard InChI is InChI=1S/C14H21NO2/c1-16-13-5-2-6-14(10-13)17-9-7-12-4-3-8-15-11-12/h2,5-6,10,12,15H,3-4,7-9,11H2,1H3/t12-/m1/s1. The summed E-state index contributed by atoms with van der Waals surface area (Å²) in [6.07, 6.45) is 3.75. The maximum absolute atomic E-state index is 5.74. The molecular formula is C14H21NO2. The molecule has 94 valence electrons. The van der Waals surface area contributed by atoms with Gasteiger partial charge in [0.2, 0.25) is 0 Å². The summed E-state index contributed by atoms with van der Waals surface area (Å²) in [7, 11) is 1.67. The lowest BCUT2D eigenvalue weighted by Crippen LogP contribution is -2.30. The van der Waals surface area contributed by atoms with Crippen molar-refractivity contribution < 1.29 is 9.47 Å². The first-order valence-electron chi connectivity index (χ1n) is 6.36. The number of rotatable bonds is 5. The second-order valence-electron chi connectivity index (χ2n) is 4.53. The quantitative estimate of drug-likeness (QED) is 0.850. The van der Waals surface area contributed by atoms with Gasteiger partial charge in [-0.2, -0.15) is 0 Å². The van der Waals surface area contributed by atoms with Crippen LogP contribution in [-0.2, 0) is 0 Å². The summed E-state index contributed by atoms with van der Waals surface area (Å²) in [4.78, 5) is 0. The zero-order valence-corrected chi connectivity index (χ0v) is 10.4. The molecular weight excluding hydrogens is 214 g/mol. The molecule has 1 saturated heterocycles. The molecule has 1 aliphatic heterocycles. The average Bonchev–Trinajstić information content (AvgIpc) is 2.40. The van der Waals surface area contributed by atoms with Gasteiger partial charge in [-0.15, -0.1) is 0 Å². The van der Waals surface area contributed by atoms with Crippen LogP contribution >= 0.6 is 0 Å². The van der Waals surface area contributed by atoms with E-state index in [1.807, 2.05) is 24.3 Å². The van der Waals surface area contributed by atoms with Gasteiger partial charge in [0.25, 0.3) is 0 Å². The number of nitrogens with one attached hydrogen (secondary N) is 1. The van der Waals surface area contributed by atoms with E-state index in [9.17, 15) is 0 Å². The van der Waals surface area contributed by atoms with Crippen molar-refractivity contribution in [3.8, 4) is 11.5 Å². The Labute approximate surface area is 103 Å². The zero-order valence-electron chi connectivity index (χ0n) is 10.4. The van der Waals surface area contributed by atoms with Crippen molar-refractivity contribution in [2.75, 3.05) is 26.8 Å². The van der Waals surface area contributed by atoms with E-state index in [0.717, 1.165) is 37.0 Å². The molecule has 17 heavy (non-hydrogen) atoms. The third-order valence-corrected chi connectivity index (χ3v) is 3.23. The summed E-state index contributed by atoms with van der Waals surface area (Å²) in [6, 6.07) is 7.79. The van der Waals surface area contributed by atoms with Crippen LogP contribution in [-0.4, -0.2) is 26.8 Å². The first-order chi connectivity index (χ1) is 8.38. The molecule has 3 heteroatoms. The molecule has 0 aromatic heterocycles. The SMILES string of the molecule is COc1cccc(OCC[C@H]2CCCNC2)c1. The van der Waals surface area contributed by atoms with Crippen molar-refractivity contribution in [3.05, 3.63) is 24.3 Å². The van der Waals surface area contributed by atoms with E-state index in [-0.39, 0.29) is 0 Å². The van der Waals surface area contributed by atoms with Crippen molar-refractivity contribution in [1.29, 1.82) is 0 Å². The molecule has 1 aromatic carbocycles. The minimum atomic E-state index is 0.773. The molecule has 1 heterocycles. The summed E-state index contributed by atoms with van der Waals surface area (Å²) in [6.45, 7) is 3.11. The maximum Gasteiger partial charge on any atom is 0.122 e. The largest absolute Gasteiger partial charge is 0.497 e. The highest BCUT2D eigenvalue weighted by Gasteiger charge is 2.12. The highest BCUT2D eigenvalue weighted by atomic mass is 16.5. The molecule has 0 aliphatic carbocycles. The minimum Gasteiger partial charge on any atom is -0.497 e. The van der Waals surface area contributed by atoms with Crippen LogP contribution in [0, 0.1) is 5.92 Å². The smallest absolute Gasteiger partial charge is 0.122 e. The van der Waals surface area contributed by atoms with Gasteiger partial charge in [-0.1, -0.05) is 6.07 Å². The lowest BCUT2D eigenvalue weighted by atomic mass is 9.97. The second kappa shape index (κ2) is 6.50. The molecule has 1 aliphatic rings. The first-order valence-corrected chi connectivity index (χ1v) is 6.36. The van der Waals surface area contributed by atoms with E-state index in [1.54, 1.807) is 7.11 Å². The highest BCUT2D eigenvalue weighted by Crippen LogP contribution is 2.20. The van der Waals surface area contributed by atoms with Crippen molar-refractivity contribution >= 4 is 0 Å². The zero-order chi connectivity index (χ0) is 11.9. The molecule has 0 bridgehead atoms. The number of piperidine rings is 1. The predicted octanol–water partition coefficient (Wildman–Crippen LogP) is 2.46. The van der Waals surface area contributed by atoms with Gasteiger partial charge in [0.05, 0.1) is 13.7 Å². The number of ether oxygens (including phenoxy) is 2. The van der Waals surface area contributed by atoms with E-state index in [2.05, 4.69) is 5.32 Å². The van der Waals surface area contributed by atoms with Gasteiger partial charge < -0.3 is 14.8 Å². The lowest BCUT2D eigenvalue weighted by molar-refractivity contribution is 0.253. The van der Waals surface area contributed by atoms with Gasteiger partial charge in [-0.05, 0) is 50.4 Å². The van der Waals surface area contributed by atoms with E-state index in [0.29, 0.717) is 0 Å². The van der Waals surface area contributed by atoms with Crippen molar-refractivity contribution in [1.82, 2.24) is 5.32 Å². The van der Waals surface area contributed by atoms with E-state index in [1.165, 1.54) is 19.4 Å². The highest BCUT2D eigenvalue weighted by molar-refractivity contribution is 5.32. The van der Waals surface area contributed by atoms with Crippen LogP contribution < -0.4 is 14.8 Å². The number of hydrogen-bond acceptors (Lipinski definition) is 3. The Bertz CT molecular complexity index is 335. The fourth-order valence-corrected chi connectivity index (χ4v) is 2.20. The lowest BCUT2D eigenvalue weighted by Gasteiger charge is -2.22. The Kier molecular flexibility index (Phi) is 4.68. The van der Waals surface area contributed by atoms with Crippen molar-refractivity contribution in [2.24, 2.45) is 5.92 Å². The molecule has 1 aromatic rings. The van der Waals surface area contributed by atoms with Gasteiger partial charge in [0.15, 0.2) is 0 Å². The van der Waals surface area contributed by atoms with E-state index >= 15 is 0 Å². The van der Waals surface area contributed by atoms with Gasteiger partial charge in [0, 0.05) is 6.07 Å². The van der Waals surface area contributed by atoms with Gasteiger partial charge in [-0.25, -0.2) is 0 Å². The van der Waals surface area contributed by atoms with E-state index < -0.39 is 0 Å². The van der Waals surface area contributed by atoms with Crippen LogP contribution in [0.25, 0.3) is 0 Å². The summed E-state index contributed by atoms with van der Waals surface area (Å²) < 4.78 is 10.9. The van der Waals surface area contributed by atoms with Gasteiger partial charge in [-0.3, -0.25) is 0 Å². The van der Waals surface area contributed by atoms with Crippen LogP contribution in [0.5, 0.6) is 11.5 Å². The number of methoxy groups -OCH3 is 1. The van der Waals surface area contributed by atoms with Gasteiger partial charge in [0.1, 0.15) is 11.5 Å². The van der Waals surface area contributed by atoms with Crippen LogP contribution in [0.3, 0.4) is 0 Å². The summed E-state index contributed by atoms with van der Waals surface area (Å²) in [5.74, 6) is 2.52. The third-order valence-electron chi connectivity index (χ3n) is 3.23. The fraction of sp³-hybridized carbons (Fsp3) is 0.571. The second-order valence-corrected chi connectivity index (χ2v) is 4.53. The Morgan fingerprint density at radius 1 is 1.35 bits per heavy atom. The predicted molar refractivity (Wildman–Crippen MR) is 68.7 cm³/mol. The average molecular weight is 235 g/mol. The fourth-order valence-electron chi connectivity index (χ4n) is 2.20. The minimum absolute atomic E-state index is 0.773.